The number of halogens is 2. The van der Waals surface area contributed by atoms with Crippen LogP contribution in [0.2, 0.25) is 0 Å². The second-order valence-corrected chi connectivity index (χ2v) is 4.18. The fourth-order valence-corrected chi connectivity index (χ4v) is 1.10. The predicted octanol–water partition coefficient (Wildman–Crippen LogP) is 2.03. The third-order valence-corrected chi connectivity index (χ3v) is 2.14. The van der Waals surface area contributed by atoms with E-state index in [9.17, 15) is 8.78 Å². The molecule has 0 aromatic heterocycles. The van der Waals surface area contributed by atoms with Crippen molar-refractivity contribution in [1.82, 2.24) is 5.32 Å². The first-order valence-corrected chi connectivity index (χ1v) is 5.13. The number of nitrogens with one attached hydrogen (secondary N) is 1. The molecule has 0 saturated carbocycles. The van der Waals surface area contributed by atoms with E-state index in [0.717, 1.165) is 12.8 Å². The predicted molar refractivity (Wildman–Crippen MR) is 53.5 cm³/mol. The van der Waals surface area contributed by atoms with Crippen LogP contribution in [0.5, 0.6) is 0 Å². The highest BCUT2D eigenvalue weighted by atomic mass is 19.3. The summed E-state index contributed by atoms with van der Waals surface area (Å²) in [5, 5.41) is 11.7. The molecule has 0 aliphatic carbocycles. The molecule has 0 rings (SSSR count). The number of alkyl halides is 2. The summed E-state index contributed by atoms with van der Waals surface area (Å²) in [6.07, 6.45) is -2.18. The maximum absolute atomic E-state index is 11.9. The molecule has 0 aromatic rings. The van der Waals surface area contributed by atoms with Gasteiger partial charge >= 0.3 is 0 Å². The van der Waals surface area contributed by atoms with Crippen LogP contribution in [-0.2, 0) is 0 Å². The highest BCUT2D eigenvalue weighted by Gasteiger charge is 2.16. The van der Waals surface area contributed by atoms with E-state index in [1.807, 2.05) is 6.92 Å². The molecule has 2 atom stereocenters. The topological polar surface area (TPSA) is 32.3 Å². The molecule has 0 spiro atoms. The van der Waals surface area contributed by atoms with Gasteiger partial charge in [-0.2, -0.15) is 0 Å². The van der Waals surface area contributed by atoms with Crippen molar-refractivity contribution >= 4 is 0 Å². The Kier molecular flexibility index (Phi) is 7.01. The average molecular weight is 209 g/mol. The average Bonchev–Trinajstić information content (AvgIpc) is 2.10. The van der Waals surface area contributed by atoms with E-state index in [4.69, 9.17) is 5.11 Å². The normalized spacial score (nSPS) is 16.3. The standard InChI is InChI=1S/C10H21F2NO/c1-7(2)4-5-8(3)13-6-9(14)10(11)12/h7-10,13-14H,4-6H2,1-3H3. The van der Waals surface area contributed by atoms with Gasteiger partial charge in [-0.3, -0.25) is 0 Å². The van der Waals surface area contributed by atoms with Crippen LogP contribution in [0.25, 0.3) is 0 Å². The van der Waals surface area contributed by atoms with Crippen LogP contribution in [0.4, 0.5) is 8.78 Å². The largest absolute Gasteiger partial charge is 0.386 e. The van der Waals surface area contributed by atoms with E-state index in [0.29, 0.717) is 5.92 Å². The summed E-state index contributed by atoms with van der Waals surface area (Å²) in [5.74, 6) is 0.624. The smallest absolute Gasteiger partial charge is 0.265 e. The lowest BCUT2D eigenvalue weighted by molar-refractivity contribution is -0.00452. The third-order valence-electron chi connectivity index (χ3n) is 2.14. The maximum Gasteiger partial charge on any atom is 0.265 e. The summed E-state index contributed by atoms with van der Waals surface area (Å²) >= 11 is 0. The molecule has 14 heavy (non-hydrogen) atoms. The van der Waals surface area contributed by atoms with Gasteiger partial charge in [0, 0.05) is 12.6 Å². The number of aliphatic hydroxyl groups is 1. The lowest BCUT2D eigenvalue weighted by Gasteiger charge is -2.17. The molecule has 0 bridgehead atoms. The quantitative estimate of drug-likeness (QED) is 0.672. The lowest BCUT2D eigenvalue weighted by Crippen LogP contribution is -2.37. The number of hydrogen-bond donors (Lipinski definition) is 2. The van der Waals surface area contributed by atoms with E-state index >= 15 is 0 Å². The van der Waals surface area contributed by atoms with E-state index in [-0.39, 0.29) is 12.6 Å². The molecule has 0 aromatic carbocycles. The third kappa shape index (κ3) is 7.21. The van der Waals surface area contributed by atoms with Crippen molar-refractivity contribution in [3.8, 4) is 0 Å². The summed E-state index contributed by atoms with van der Waals surface area (Å²) in [4.78, 5) is 0. The molecule has 0 aliphatic heterocycles. The Bertz CT molecular complexity index is 142. The van der Waals surface area contributed by atoms with Crippen LogP contribution in [-0.4, -0.2) is 30.2 Å². The summed E-state index contributed by atoms with van der Waals surface area (Å²) in [7, 11) is 0. The van der Waals surface area contributed by atoms with Crippen molar-refractivity contribution in [3.63, 3.8) is 0 Å². The van der Waals surface area contributed by atoms with Gasteiger partial charge in [-0.25, -0.2) is 8.78 Å². The Balaban J connectivity index is 3.48. The monoisotopic (exact) mass is 209 g/mol. The maximum atomic E-state index is 11.9. The first-order valence-electron chi connectivity index (χ1n) is 5.13. The fraction of sp³-hybridized carbons (Fsp3) is 1.00. The van der Waals surface area contributed by atoms with Crippen molar-refractivity contribution < 1.29 is 13.9 Å². The van der Waals surface area contributed by atoms with Gasteiger partial charge in [-0.05, 0) is 25.7 Å². The van der Waals surface area contributed by atoms with Gasteiger partial charge in [-0.15, -0.1) is 0 Å². The summed E-state index contributed by atoms with van der Waals surface area (Å²) in [6.45, 7) is 6.17. The van der Waals surface area contributed by atoms with Crippen molar-refractivity contribution in [2.24, 2.45) is 5.92 Å². The van der Waals surface area contributed by atoms with Crippen molar-refractivity contribution in [1.29, 1.82) is 0 Å². The Hall–Kier alpha value is -0.220. The second-order valence-electron chi connectivity index (χ2n) is 4.18. The number of hydrogen-bond acceptors (Lipinski definition) is 2. The zero-order chi connectivity index (χ0) is 11.1. The van der Waals surface area contributed by atoms with Crippen LogP contribution in [0, 0.1) is 5.92 Å². The minimum absolute atomic E-state index is 0.0308. The van der Waals surface area contributed by atoms with Crippen molar-refractivity contribution in [2.45, 2.75) is 52.2 Å². The van der Waals surface area contributed by atoms with E-state index in [2.05, 4.69) is 19.2 Å². The number of rotatable bonds is 7. The molecule has 86 valence electrons. The second kappa shape index (κ2) is 7.12. The first-order chi connectivity index (χ1) is 6.43. The van der Waals surface area contributed by atoms with Crippen LogP contribution >= 0.6 is 0 Å². The molecule has 0 fully saturated rings. The van der Waals surface area contributed by atoms with E-state index in [1.165, 1.54) is 0 Å². The van der Waals surface area contributed by atoms with Gasteiger partial charge in [0.15, 0.2) is 0 Å². The van der Waals surface area contributed by atoms with Gasteiger partial charge in [0.25, 0.3) is 6.43 Å². The summed E-state index contributed by atoms with van der Waals surface area (Å²) < 4.78 is 23.8. The summed E-state index contributed by atoms with van der Waals surface area (Å²) in [6, 6.07) is 0.186. The van der Waals surface area contributed by atoms with Crippen LogP contribution in [0.1, 0.15) is 33.6 Å². The van der Waals surface area contributed by atoms with Gasteiger partial charge in [0.05, 0.1) is 0 Å². The highest BCUT2D eigenvalue weighted by molar-refractivity contribution is 4.67. The SMILES string of the molecule is CC(C)CCC(C)NCC(O)C(F)F. The minimum atomic E-state index is -2.65. The van der Waals surface area contributed by atoms with E-state index < -0.39 is 12.5 Å². The van der Waals surface area contributed by atoms with Crippen LogP contribution in [0.3, 0.4) is 0 Å². The minimum Gasteiger partial charge on any atom is -0.386 e. The Labute approximate surface area is 84.7 Å². The van der Waals surface area contributed by atoms with Gasteiger partial charge in [0.1, 0.15) is 6.10 Å². The fourth-order valence-electron chi connectivity index (χ4n) is 1.10. The Morgan fingerprint density at radius 1 is 1.14 bits per heavy atom. The molecule has 0 amide bonds. The molecule has 0 radical (unpaired) electrons. The Morgan fingerprint density at radius 3 is 2.14 bits per heavy atom. The summed E-state index contributed by atoms with van der Waals surface area (Å²) in [5.41, 5.74) is 0. The van der Waals surface area contributed by atoms with Crippen LogP contribution < -0.4 is 5.32 Å². The van der Waals surface area contributed by atoms with Gasteiger partial charge in [-0.1, -0.05) is 13.8 Å². The lowest BCUT2D eigenvalue weighted by atomic mass is 10.0. The molecule has 4 heteroatoms. The van der Waals surface area contributed by atoms with Crippen molar-refractivity contribution in [3.05, 3.63) is 0 Å². The van der Waals surface area contributed by atoms with Gasteiger partial charge < -0.3 is 10.4 Å². The van der Waals surface area contributed by atoms with E-state index in [1.54, 1.807) is 0 Å². The molecule has 2 N–H and O–H groups in total. The van der Waals surface area contributed by atoms with Crippen molar-refractivity contribution in [2.75, 3.05) is 6.54 Å². The van der Waals surface area contributed by atoms with Crippen LogP contribution in [0.15, 0.2) is 0 Å². The molecule has 2 nitrogen and oxygen atoms in total. The molecular formula is C10H21F2NO. The number of aliphatic hydroxyl groups excluding tert-OH is 1. The first kappa shape index (κ1) is 13.8. The highest BCUT2D eigenvalue weighted by Crippen LogP contribution is 2.07. The molecule has 0 heterocycles. The Morgan fingerprint density at radius 2 is 1.71 bits per heavy atom. The zero-order valence-corrected chi connectivity index (χ0v) is 9.13. The molecule has 0 saturated heterocycles. The molecular weight excluding hydrogens is 188 g/mol. The zero-order valence-electron chi connectivity index (χ0n) is 9.13. The van der Waals surface area contributed by atoms with Gasteiger partial charge in [0.2, 0.25) is 0 Å². The molecule has 2 unspecified atom stereocenters. The molecule has 0 aliphatic rings.